The number of halogens is 1. The maximum atomic E-state index is 10.7. The van der Waals surface area contributed by atoms with Crippen molar-refractivity contribution in [2.24, 2.45) is 0 Å². The van der Waals surface area contributed by atoms with Gasteiger partial charge in [0.15, 0.2) is 5.69 Å². The number of aromatic carboxylic acids is 1. The minimum atomic E-state index is -1.10. The molecule has 0 amide bonds. The van der Waals surface area contributed by atoms with E-state index >= 15 is 0 Å². The highest BCUT2D eigenvalue weighted by molar-refractivity contribution is 7.99. The molecular weight excluding hydrogens is 222 g/mol. The lowest BCUT2D eigenvalue weighted by atomic mass is 10.3. The molecule has 0 unspecified atom stereocenters. The van der Waals surface area contributed by atoms with E-state index in [1.807, 2.05) is 13.8 Å². The number of rotatable bonds is 3. The first-order chi connectivity index (χ1) is 6.50. The Bertz CT molecular complexity index is 355. The van der Waals surface area contributed by atoms with E-state index in [2.05, 4.69) is 4.98 Å². The molecule has 0 atom stereocenters. The van der Waals surface area contributed by atoms with Crippen LogP contribution in [-0.4, -0.2) is 21.3 Å². The molecule has 0 aliphatic carbocycles. The van der Waals surface area contributed by atoms with Crippen LogP contribution in [0.4, 0.5) is 0 Å². The van der Waals surface area contributed by atoms with Gasteiger partial charge in [0.05, 0.1) is 10.0 Å². The lowest BCUT2D eigenvalue weighted by molar-refractivity contribution is 0.0690. The molecule has 0 aliphatic heterocycles. The van der Waals surface area contributed by atoms with Gasteiger partial charge in [-0.1, -0.05) is 25.4 Å². The third-order valence-electron chi connectivity index (χ3n) is 1.38. The zero-order chi connectivity index (χ0) is 10.7. The number of nitrogens with zero attached hydrogens (tertiary/aromatic N) is 1. The smallest absolute Gasteiger partial charge is 0.356 e. The zero-order valence-corrected chi connectivity index (χ0v) is 9.39. The second kappa shape index (κ2) is 4.66. The predicted molar refractivity (Wildman–Crippen MR) is 57.2 cm³/mol. The van der Waals surface area contributed by atoms with Crippen molar-refractivity contribution >= 4 is 29.3 Å². The summed E-state index contributed by atoms with van der Waals surface area (Å²) in [4.78, 5) is 14.6. The summed E-state index contributed by atoms with van der Waals surface area (Å²) in [5.74, 6) is -1.10. The summed E-state index contributed by atoms with van der Waals surface area (Å²) in [5.41, 5.74) is -0.0858. The van der Waals surface area contributed by atoms with Crippen molar-refractivity contribution in [3.05, 3.63) is 22.8 Å². The van der Waals surface area contributed by atoms with E-state index < -0.39 is 5.97 Å². The molecule has 0 spiro atoms. The van der Waals surface area contributed by atoms with Crippen molar-refractivity contribution in [2.75, 3.05) is 0 Å². The third kappa shape index (κ3) is 2.89. The van der Waals surface area contributed by atoms with Crippen molar-refractivity contribution in [3.8, 4) is 0 Å². The highest BCUT2D eigenvalue weighted by atomic mass is 35.5. The van der Waals surface area contributed by atoms with Crippen LogP contribution in [0.2, 0.25) is 5.02 Å². The molecule has 1 rings (SSSR count). The predicted octanol–water partition coefficient (Wildman–Crippen LogP) is 2.93. The molecule has 0 radical (unpaired) electrons. The van der Waals surface area contributed by atoms with Gasteiger partial charge in [-0.15, -0.1) is 11.8 Å². The molecule has 0 fully saturated rings. The largest absolute Gasteiger partial charge is 0.476 e. The Kier molecular flexibility index (Phi) is 3.77. The second-order valence-corrected chi connectivity index (χ2v) is 4.96. The maximum absolute atomic E-state index is 10.7. The van der Waals surface area contributed by atoms with Gasteiger partial charge >= 0.3 is 5.97 Å². The molecule has 76 valence electrons. The lowest BCUT2D eigenvalue weighted by Gasteiger charge is -2.05. The summed E-state index contributed by atoms with van der Waals surface area (Å²) in [6, 6.07) is 3.28. The van der Waals surface area contributed by atoms with Crippen LogP contribution in [0.15, 0.2) is 17.2 Å². The second-order valence-electron chi connectivity index (χ2n) is 2.95. The number of carboxylic acid groups (broad SMARTS) is 1. The molecule has 3 nitrogen and oxygen atoms in total. The van der Waals surface area contributed by atoms with Crippen LogP contribution in [0, 0.1) is 0 Å². The van der Waals surface area contributed by atoms with Gasteiger partial charge in [-0.05, 0) is 12.1 Å². The number of thioether (sulfide) groups is 1. The van der Waals surface area contributed by atoms with Crippen molar-refractivity contribution in [2.45, 2.75) is 24.1 Å². The van der Waals surface area contributed by atoms with Gasteiger partial charge < -0.3 is 5.11 Å². The van der Waals surface area contributed by atoms with Gasteiger partial charge in [-0.2, -0.15) is 0 Å². The van der Waals surface area contributed by atoms with E-state index in [1.165, 1.54) is 11.8 Å². The molecular formula is C9H10ClNO2S. The fourth-order valence-electron chi connectivity index (χ4n) is 0.881. The highest BCUT2D eigenvalue weighted by Crippen LogP contribution is 2.23. The van der Waals surface area contributed by atoms with Crippen molar-refractivity contribution < 1.29 is 9.90 Å². The molecule has 1 aromatic rings. The number of pyridine rings is 1. The molecule has 0 bridgehead atoms. The molecule has 0 aliphatic rings. The standard InChI is InChI=1S/C9H10ClNO2S/c1-5(2)14-7-4-3-6(10)8(11-7)9(12)13/h3-5H,1-2H3,(H,12,13). The number of hydrogen-bond acceptors (Lipinski definition) is 3. The van der Waals surface area contributed by atoms with Crippen molar-refractivity contribution in [1.82, 2.24) is 4.98 Å². The molecule has 1 heterocycles. The van der Waals surface area contributed by atoms with Crippen molar-refractivity contribution in [3.63, 3.8) is 0 Å². The van der Waals surface area contributed by atoms with E-state index in [9.17, 15) is 4.79 Å². The fraction of sp³-hybridized carbons (Fsp3) is 0.333. The molecule has 0 saturated carbocycles. The Morgan fingerprint density at radius 2 is 2.21 bits per heavy atom. The summed E-state index contributed by atoms with van der Waals surface area (Å²) >= 11 is 7.18. The quantitative estimate of drug-likeness (QED) is 0.813. The van der Waals surface area contributed by atoms with E-state index in [0.29, 0.717) is 10.3 Å². The number of aromatic nitrogens is 1. The molecule has 1 aromatic heterocycles. The number of hydrogen-bond donors (Lipinski definition) is 1. The lowest BCUT2D eigenvalue weighted by Crippen LogP contribution is -2.02. The average molecular weight is 232 g/mol. The molecule has 14 heavy (non-hydrogen) atoms. The molecule has 5 heteroatoms. The van der Waals surface area contributed by atoms with Crippen LogP contribution >= 0.6 is 23.4 Å². The Labute approximate surface area is 91.5 Å². The normalized spacial score (nSPS) is 10.6. The number of carbonyl (C=O) groups is 1. The molecule has 1 N–H and O–H groups in total. The Balaban J connectivity index is 3.00. The Morgan fingerprint density at radius 3 is 2.71 bits per heavy atom. The third-order valence-corrected chi connectivity index (χ3v) is 2.62. The minimum Gasteiger partial charge on any atom is -0.476 e. The van der Waals surface area contributed by atoms with Crippen LogP contribution in [0.5, 0.6) is 0 Å². The minimum absolute atomic E-state index is 0.0858. The summed E-state index contributed by atoms with van der Waals surface area (Å²) in [6.45, 7) is 4.03. The SMILES string of the molecule is CC(C)Sc1ccc(Cl)c(C(=O)O)n1. The van der Waals surface area contributed by atoms with E-state index in [1.54, 1.807) is 12.1 Å². The van der Waals surface area contributed by atoms with E-state index in [-0.39, 0.29) is 10.7 Å². The van der Waals surface area contributed by atoms with Crippen LogP contribution < -0.4 is 0 Å². The first-order valence-corrected chi connectivity index (χ1v) is 5.33. The van der Waals surface area contributed by atoms with Crippen LogP contribution in [0.25, 0.3) is 0 Å². The van der Waals surface area contributed by atoms with Crippen LogP contribution in [0.1, 0.15) is 24.3 Å². The van der Waals surface area contributed by atoms with Gasteiger partial charge in [-0.3, -0.25) is 0 Å². The van der Waals surface area contributed by atoms with Crippen LogP contribution in [-0.2, 0) is 0 Å². The topological polar surface area (TPSA) is 50.2 Å². The Hall–Kier alpha value is -0.740. The molecule has 0 aromatic carbocycles. The van der Waals surface area contributed by atoms with Crippen molar-refractivity contribution in [1.29, 1.82) is 0 Å². The number of carboxylic acids is 1. The summed E-state index contributed by atoms with van der Waals surface area (Å²) in [6.07, 6.45) is 0. The van der Waals surface area contributed by atoms with Gasteiger partial charge in [-0.25, -0.2) is 9.78 Å². The first-order valence-electron chi connectivity index (χ1n) is 4.07. The summed E-state index contributed by atoms with van der Waals surface area (Å²) in [5, 5.41) is 9.99. The Morgan fingerprint density at radius 1 is 1.57 bits per heavy atom. The van der Waals surface area contributed by atoms with Gasteiger partial charge in [0.2, 0.25) is 0 Å². The van der Waals surface area contributed by atoms with Gasteiger partial charge in [0, 0.05) is 5.25 Å². The van der Waals surface area contributed by atoms with E-state index in [4.69, 9.17) is 16.7 Å². The highest BCUT2D eigenvalue weighted by Gasteiger charge is 2.11. The summed E-state index contributed by atoms with van der Waals surface area (Å²) < 4.78 is 0. The summed E-state index contributed by atoms with van der Waals surface area (Å²) in [7, 11) is 0. The van der Waals surface area contributed by atoms with Gasteiger partial charge in [0.1, 0.15) is 0 Å². The van der Waals surface area contributed by atoms with E-state index in [0.717, 1.165) is 0 Å². The zero-order valence-electron chi connectivity index (χ0n) is 7.82. The maximum Gasteiger partial charge on any atom is 0.356 e. The fourth-order valence-corrected chi connectivity index (χ4v) is 1.84. The monoisotopic (exact) mass is 231 g/mol. The van der Waals surface area contributed by atoms with Crippen LogP contribution in [0.3, 0.4) is 0 Å². The first kappa shape index (κ1) is 11.3. The molecule has 0 saturated heterocycles. The van der Waals surface area contributed by atoms with Gasteiger partial charge in [0.25, 0.3) is 0 Å². The average Bonchev–Trinajstić information content (AvgIpc) is 2.07.